The summed E-state index contributed by atoms with van der Waals surface area (Å²) in [5.41, 5.74) is 2.14. The number of fused-ring (bicyclic) bond motifs is 1. The van der Waals surface area contributed by atoms with Gasteiger partial charge in [-0.2, -0.15) is 0 Å². The van der Waals surface area contributed by atoms with Gasteiger partial charge in [0, 0.05) is 11.8 Å². The molecule has 0 spiro atoms. The molecule has 7 nitrogen and oxygen atoms in total. The number of methoxy groups -OCH3 is 2. The van der Waals surface area contributed by atoms with Gasteiger partial charge in [-0.1, -0.05) is 11.6 Å². The fourth-order valence-corrected chi connectivity index (χ4v) is 3.04. The molecule has 1 aliphatic heterocycles. The van der Waals surface area contributed by atoms with Crippen LogP contribution in [0.2, 0.25) is 0 Å². The van der Waals surface area contributed by atoms with Crippen molar-refractivity contribution < 1.29 is 23.9 Å². The van der Waals surface area contributed by atoms with E-state index in [2.05, 4.69) is 5.32 Å². The number of anilines is 2. The quantitative estimate of drug-likeness (QED) is 0.820. The van der Waals surface area contributed by atoms with E-state index in [1.807, 2.05) is 6.92 Å². The van der Waals surface area contributed by atoms with Crippen LogP contribution in [0.4, 0.5) is 11.4 Å². The molecule has 0 aliphatic carbocycles. The van der Waals surface area contributed by atoms with Crippen LogP contribution in [0.1, 0.15) is 22.8 Å². The van der Waals surface area contributed by atoms with E-state index in [-0.39, 0.29) is 0 Å². The van der Waals surface area contributed by atoms with Gasteiger partial charge >= 0.3 is 0 Å². The second-order valence-corrected chi connectivity index (χ2v) is 6.26. The van der Waals surface area contributed by atoms with Crippen LogP contribution in [0, 0.1) is 6.92 Å². The van der Waals surface area contributed by atoms with E-state index in [1.54, 1.807) is 43.3 Å². The summed E-state index contributed by atoms with van der Waals surface area (Å²) >= 11 is 0. The number of carbonyl (C=O) groups excluding carboxylic acids is 3. The number of carbonyl (C=O) groups is 3. The number of Topliss-reactive ketones (excluding diaryl/α,β-unsaturated/α-hetero) is 1. The Balaban J connectivity index is 1.84. The third-order valence-corrected chi connectivity index (χ3v) is 4.49. The molecule has 0 saturated heterocycles. The highest BCUT2D eigenvalue weighted by molar-refractivity contribution is 6.53. The van der Waals surface area contributed by atoms with Crippen molar-refractivity contribution in [3.8, 4) is 11.5 Å². The predicted molar refractivity (Wildman–Crippen MR) is 101 cm³/mol. The zero-order valence-electron chi connectivity index (χ0n) is 15.5. The maximum absolute atomic E-state index is 12.7. The van der Waals surface area contributed by atoms with Crippen molar-refractivity contribution in [3.05, 3.63) is 47.5 Å². The number of nitrogens with zero attached hydrogens (tertiary/aromatic N) is 1. The zero-order valence-corrected chi connectivity index (χ0v) is 15.5. The van der Waals surface area contributed by atoms with Crippen molar-refractivity contribution in [2.45, 2.75) is 19.9 Å². The van der Waals surface area contributed by atoms with Crippen molar-refractivity contribution in [1.82, 2.24) is 0 Å². The molecular weight excluding hydrogens is 348 g/mol. The fraction of sp³-hybridized carbons (Fsp3) is 0.250. The first-order valence-electron chi connectivity index (χ1n) is 8.38. The lowest BCUT2D eigenvalue weighted by Crippen LogP contribution is -2.45. The molecule has 0 aromatic heterocycles. The van der Waals surface area contributed by atoms with Gasteiger partial charge in [0.2, 0.25) is 5.91 Å². The minimum atomic E-state index is -0.862. The van der Waals surface area contributed by atoms with Gasteiger partial charge in [-0.15, -0.1) is 0 Å². The summed E-state index contributed by atoms with van der Waals surface area (Å²) in [5, 5.41) is 2.74. The monoisotopic (exact) mass is 368 g/mol. The molecule has 1 aliphatic rings. The maximum Gasteiger partial charge on any atom is 0.300 e. The van der Waals surface area contributed by atoms with Crippen molar-refractivity contribution in [2.24, 2.45) is 0 Å². The van der Waals surface area contributed by atoms with E-state index in [0.717, 1.165) is 5.56 Å². The molecule has 0 radical (unpaired) electrons. The Hall–Kier alpha value is -3.35. The Morgan fingerprint density at radius 1 is 1.04 bits per heavy atom. The Morgan fingerprint density at radius 2 is 1.74 bits per heavy atom. The standard InChI is InChI=1S/C20H20N2O5/c1-11-5-7-15-14(9-11)18(23)20(25)22(15)12(2)19(24)21-13-6-8-16(26-3)17(10-13)27-4/h5-10,12H,1-4H3,(H,21,24). The van der Waals surface area contributed by atoms with Crippen LogP contribution in [0.3, 0.4) is 0 Å². The number of hydrogen-bond acceptors (Lipinski definition) is 5. The molecule has 0 fully saturated rings. The molecular formula is C20H20N2O5. The molecule has 1 atom stereocenters. The van der Waals surface area contributed by atoms with E-state index in [1.165, 1.54) is 19.1 Å². The number of amides is 2. The number of ketones is 1. The molecule has 27 heavy (non-hydrogen) atoms. The van der Waals surface area contributed by atoms with E-state index >= 15 is 0 Å². The minimum Gasteiger partial charge on any atom is -0.493 e. The van der Waals surface area contributed by atoms with Gasteiger partial charge < -0.3 is 14.8 Å². The molecule has 140 valence electrons. The largest absolute Gasteiger partial charge is 0.493 e. The second kappa shape index (κ2) is 7.11. The number of aryl methyl sites for hydroxylation is 1. The highest BCUT2D eigenvalue weighted by Gasteiger charge is 2.40. The highest BCUT2D eigenvalue weighted by Crippen LogP contribution is 2.33. The third-order valence-electron chi connectivity index (χ3n) is 4.49. The summed E-state index contributed by atoms with van der Waals surface area (Å²) in [4.78, 5) is 38.6. The van der Waals surface area contributed by atoms with Gasteiger partial charge in [-0.3, -0.25) is 19.3 Å². The molecule has 1 heterocycles. The Bertz CT molecular complexity index is 938. The molecule has 2 aromatic rings. The van der Waals surface area contributed by atoms with Crippen molar-refractivity contribution in [3.63, 3.8) is 0 Å². The normalized spacial score (nSPS) is 14.0. The molecule has 1 unspecified atom stereocenters. The summed E-state index contributed by atoms with van der Waals surface area (Å²) in [7, 11) is 3.02. The minimum absolute atomic E-state index is 0.325. The molecule has 1 N–H and O–H groups in total. The van der Waals surface area contributed by atoms with Gasteiger partial charge in [0.05, 0.1) is 25.5 Å². The van der Waals surface area contributed by atoms with Gasteiger partial charge in [-0.05, 0) is 38.1 Å². The zero-order chi connectivity index (χ0) is 19.7. The van der Waals surface area contributed by atoms with Crippen molar-refractivity contribution in [1.29, 1.82) is 0 Å². The number of nitrogens with one attached hydrogen (secondary N) is 1. The smallest absolute Gasteiger partial charge is 0.300 e. The lowest BCUT2D eigenvalue weighted by atomic mass is 10.1. The van der Waals surface area contributed by atoms with Crippen molar-refractivity contribution in [2.75, 3.05) is 24.4 Å². The van der Waals surface area contributed by atoms with Crippen LogP contribution < -0.4 is 19.7 Å². The number of hydrogen-bond donors (Lipinski definition) is 1. The summed E-state index contributed by atoms with van der Waals surface area (Å²) in [6.07, 6.45) is 0. The summed E-state index contributed by atoms with van der Waals surface area (Å²) in [6, 6.07) is 9.25. The second-order valence-electron chi connectivity index (χ2n) is 6.26. The Labute approximate surface area is 156 Å². The average Bonchev–Trinajstić information content (AvgIpc) is 2.91. The Kier molecular flexibility index (Phi) is 4.85. The third kappa shape index (κ3) is 3.23. The van der Waals surface area contributed by atoms with Crippen molar-refractivity contribution >= 4 is 29.0 Å². The van der Waals surface area contributed by atoms with E-state index in [0.29, 0.717) is 28.4 Å². The van der Waals surface area contributed by atoms with Gasteiger partial charge in [-0.25, -0.2) is 0 Å². The number of ether oxygens (including phenoxy) is 2. The fourth-order valence-electron chi connectivity index (χ4n) is 3.04. The van der Waals surface area contributed by atoms with Crippen LogP contribution in [0.25, 0.3) is 0 Å². The summed E-state index contributed by atoms with van der Waals surface area (Å²) in [6.45, 7) is 3.42. The van der Waals surface area contributed by atoms with Gasteiger partial charge in [0.25, 0.3) is 11.7 Å². The summed E-state index contributed by atoms with van der Waals surface area (Å²) in [5.74, 6) is -0.716. The van der Waals surface area contributed by atoms with Crippen LogP contribution in [0.5, 0.6) is 11.5 Å². The molecule has 2 amide bonds. The topological polar surface area (TPSA) is 84.9 Å². The lowest BCUT2D eigenvalue weighted by molar-refractivity contribution is -0.120. The molecule has 2 aromatic carbocycles. The van der Waals surface area contributed by atoms with Crippen LogP contribution >= 0.6 is 0 Å². The maximum atomic E-state index is 12.7. The highest BCUT2D eigenvalue weighted by atomic mass is 16.5. The van der Waals surface area contributed by atoms with Gasteiger partial charge in [0.15, 0.2) is 11.5 Å². The average molecular weight is 368 g/mol. The molecule has 0 saturated carbocycles. The van der Waals surface area contributed by atoms with E-state index in [4.69, 9.17) is 9.47 Å². The van der Waals surface area contributed by atoms with E-state index in [9.17, 15) is 14.4 Å². The summed E-state index contributed by atoms with van der Waals surface area (Å²) < 4.78 is 10.4. The predicted octanol–water partition coefficient (Wildman–Crippen LogP) is 2.57. The number of benzene rings is 2. The molecule has 0 bridgehead atoms. The SMILES string of the molecule is COc1ccc(NC(=O)C(C)N2C(=O)C(=O)c3cc(C)ccc32)cc1OC. The van der Waals surface area contributed by atoms with Gasteiger partial charge in [0.1, 0.15) is 6.04 Å². The van der Waals surface area contributed by atoms with Crippen LogP contribution in [-0.4, -0.2) is 37.9 Å². The van der Waals surface area contributed by atoms with Crippen LogP contribution in [0.15, 0.2) is 36.4 Å². The molecule has 3 rings (SSSR count). The number of rotatable bonds is 5. The first-order chi connectivity index (χ1) is 12.9. The van der Waals surface area contributed by atoms with Crippen LogP contribution in [-0.2, 0) is 9.59 Å². The first kappa shape index (κ1) is 18.4. The Morgan fingerprint density at radius 3 is 2.41 bits per heavy atom. The first-order valence-corrected chi connectivity index (χ1v) is 8.38. The lowest BCUT2D eigenvalue weighted by Gasteiger charge is -2.24. The molecule has 7 heteroatoms. The van der Waals surface area contributed by atoms with E-state index < -0.39 is 23.6 Å².